The van der Waals surface area contributed by atoms with E-state index in [1.807, 2.05) is 6.92 Å². The van der Waals surface area contributed by atoms with Crippen LogP contribution in [-0.2, 0) is 19.1 Å². The molecule has 16 heavy (non-hydrogen) atoms. The number of hydrogen-bond donors (Lipinski definition) is 0. The third kappa shape index (κ3) is 7.26. The summed E-state index contributed by atoms with van der Waals surface area (Å²) in [6.45, 7) is 7.40. The second-order valence-corrected chi connectivity index (χ2v) is 4.19. The maximum atomic E-state index is 11.2. The molecule has 0 saturated heterocycles. The van der Waals surface area contributed by atoms with Crippen molar-refractivity contribution in [3.05, 3.63) is 0 Å². The highest BCUT2D eigenvalue weighted by Gasteiger charge is 2.14. The van der Waals surface area contributed by atoms with Crippen LogP contribution < -0.4 is 0 Å². The van der Waals surface area contributed by atoms with Gasteiger partial charge in [0.25, 0.3) is 0 Å². The Morgan fingerprint density at radius 3 is 2.31 bits per heavy atom. The molecule has 4 heteroatoms. The van der Waals surface area contributed by atoms with Crippen molar-refractivity contribution in [2.24, 2.45) is 5.92 Å². The molecule has 0 aromatic heterocycles. The second-order valence-electron chi connectivity index (χ2n) is 4.19. The van der Waals surface area contributed by atoms with E-state index in [0.29, 0.717) is 6.42 Å². The van der Waals surface area contributed by atoms with Crippen molar-refractivity contribution in [2.75, 3.05) is 6.61 Å². The van der Waals surface area contributed by atoms with E-state index in [2.05, 4.69) is 0 Å². The molecule has 0 aliphatic rings. The van der Waals surface area contributed by atoms with Crippen LogP contribution in [0.2, 0.25) is 0 Å². The lowest BCUT2D eigenvalue weighted by Gasteiger charge is -2.14. The summed E-state index contributed by atoms with van der Waals surface area (Å²) in [4.78, 5) is 22.4. The number of carbonyl (C=O) groups excluding carboxylic acids is 2. The zero-order valence-electron chi connectivity index (χ0n) is 10.6. The van der Waals surface area contributed by atoms with E-state index in [4.69, 9.17) is 9.47 Å². The Hall–Kier alpha value is -1.06. The van der Waals surface area contributed by atoms with Gasteiger partial charge < -0.3 is 9.47 Å². The van der Waals surface area contributed by atoms with Crippen LogP contribution in [0.4, 0.5) is 0 Å². The van der Waals surface area contributed by atoms with Gasteiger partial charge in [0, 0.05) is 6.42 Å². The summed E-state index contributed by atoms with van der Waals surface area (Å²) in [5.41, 5.74) is 0. The topological polar surface area (TPSA) is 52.6 Å². The average Bonchev–Trinajstić information content (AvgIpc) is 2.23. The first-order valence-corrected chi connectivity index (χ1v) is 5.83. The molecule has 0 amide bonds. The summed E-state index contributed by atoms with van der Waals surface area (Å²) in [5, 5.41) is 0. The van der Waals surface area contributed by atoms with Gasteiger partial charge in [-0.1, -0.05) is 27.2 Å². The number of ether oxygens (including phenoxy) is 2. The quantitative estimate of drug-likeness (QED) is 0.630. The van der Waals surface area contributed by atoms with E-state index in [9.17, 15) is 9.59 Å². The Morgan fingerprint density at radius 1 is 1.19 bits per heavy atom. The molecular weight excluding hydrogens is 208 g/mol. The first kappa shape index (κ1) is 14.9. The molecule has 0 spiro atoms. The molecule has 94 valence electrons. The van der Waals surface area contributed by atoms with Crippen LogP contribution in [0.25, 0.3) is 0 Å². The van der Waals surface area contributed by atoms with Crippen molar-refractivity contribution < 1.29 is 19.1 Å². The van der Waals surface area contributed by atoms with Gasteiger partial charge in [-0.25, -0.2) is 0 Å². The maximum Gasteiger partial charge on any atom is 0.308 e. The predicted octanol–water partition coefficient (Wildman–Crippen LogP) is 2.31. The summed E-state index contributed by atoms with van der Waals surface area (Å²) >= 11 is 0. The first-order chi connectivity index (χ1) is 7.47. The average molecular weight is 230 g/mol. The second kappa shape index (κ2) is 8.13. The van der Waals surface area contributed by atoms with Gasteiger partial charge in [-0.15, -0.1) is 0 Å². The Labute approximate surface area is 97.3 Å². The third-order valence-electron chi connectivity index (χ3n) is 2.00. The van der Waals surface area contributed by atoms with E-state index in [1.165, 1.54) is 0 Å². The van der Waals surface area contributed by atoms with Crippen molar-refractivity contribution in [3.8, 4) is 0 Å². The van der Waals surface area contributed by atoms with Crippen LogP contribution >= 0.6 is 0 Å². The molecule has 0 aliphatic heterocycles. The highest BCUT2D eigenvalue weighted by molar-refractivity contribution is 5.72. The summed E-state index contributed by atoms with van der Waals surface area (Å²) < 4.78 is 10.0. The van der Waals surface area contributed by atoms with E-state index in [-0.39, 0.29) is 30.6 Å². The molecule has 0 aromatic carbocycles. The SMILES string of the molecule is CCCCC(=O)OCC(C)OC(=O)C(C)C. The number of carbonyl (C=O) groups is 2. The molecule has 0 fully saturated rings. The molecule has 1 unspecified atom stereocenters. The smallest absolute Gasteiger partial charge is 0.308 e. The fourth-order valence-corrected chi connectivity index (χ4v) is 0.972. The van der Waals surface area contributed by atoms with E-state index >= 15 is 0 Å². The maximum absolute atomic E-state index is 11.2. The fraction of sp³-hybridized carbons (Fsp3) is 0.833. The minimum Gasteiger partial charge on any atom is -0.462 e. The standard InChI is InChI=1S/C12H22O4/c1-5-6-7-11(13)15-8-10(4)16-12(14)9(2)3/h9-10H,5-8H2,1-4H3. The normalized spacial score (nSPS) is 12.3. The highest BCUT2D eigenvalue weighted by atomic mass is 16.6. The van der Waals surface area contributed by atoms with Gasteiger partial charge >= 0.3 is 11.9 Å². The van der Waals surface area contributed by atoms with Gasteiger partial charge in [-0.2, -0.15) is 0 Å². The highest BCUT2D eigenvalue weighted by Crippen LogP contribution is 2.02. The van der Waals surface area contributed by atoms with Gasteiger partial charge in [-0.05, 0) is 13.3 Å². The molecule has 0 aliphatic carbocycles. The van der Waals surface area contributed by atoms with E-state index in [1.54, 1.807) is 20.8 Å². The van der Waals surface area contributed by atoms with E-state index < -0.39 is 0 Å². The van der Waals surface area contributed by atoms with Gasteiger partial charge in [0.2, 0.25) is 0 Å². The van der Waals surface area contributed by atoms with Crippen molar-refractivity contribution in [2.45, 2.75) is 53.1 Å². The summed E-state index contributed by atoms with van der Waals surface area (Å²) in [5.74, 6) is -0.648. The minimum absolute atomic E-state index is 0.140. The number of unbranched alkanes of at least 4 members (excludes halogenated alkanes) is 1. The van der Waals surface area contributed by atoms with Crippen LogP contribution in [0.5, 0.6) is 0 Å². The van der Waals surface area contributed by atoms with Gasteiger partial charge in [0.05, 0.1) is 5.92 Å². The van der Waals surface area contributed by atoms with Crippen molar-refractivity contribution in [1.29, 1.82) is 0 Å². The Morgan fingerprint density at radius 2 is 1.81 bits per heavy atom. The van der Waals surface area contributed by atoms with E-state index in [0.717, 1.165) is 12.8 Å². The lowest BCUT2D eigenvalue weighted by molar-refractivity contribution is -0.160. The number of esters is 2. The minimum atomic E-state index is -0.375. The van der Waals surface area contributed by atoms with Crippen LogP contribution in [0.1, 0.15) is 47.0 Å². The zero-order chi connectivity index (χ0) is 12.6. The summed E-state index contributed by atoms with van der Waals surface area (Å²) in [6, 6.07) is 0. The lowest BCUT2D eigenvalue weighted by atomic mass is 10.2. The molecule has 0 bridgehead atoms. The van der Waals surface area contributed by atoms with Crippen molar-refractivity contribution in [3.63, 3.8) is 0 Å². The monoisotopic (exact) mass is 230 g/mol. The molecule has 0 radical (unpaired) electrons. The summed E-state index contributed by atoms with van der Waals surface area (Å²) in [6.07, 6.45) is 1.85. The van der Waals surface area contributed by atoms with Crippen LogP contribution in [0.3, 0.4) is 0 Å². The van der Waals surface area contributed by atoms with Crippen molar-refractivity contribution in [1.82, 2.24) is 0 Å². The van der Waals surface area contributed by atoms with Crippen LogP contribution in [0.15, 0.2) is 0 Å². The van der Waals surface area contributed by atoms with Crippen LogP contribution in [-0.4, -0.2) is 24.6 Å². The van der Waals surface area contributed by atoms with Gasteiger partial charge in [0.1, 0.15) is 12.7 Å². The fourth-order valence-electron chi connectivity index (χ4n) is 0.972. The number of hydrogen-bond acceptors (Lipinski definition) is 4. The zero-order valence-corrected chi connectivity index (χ0v) is 10.6. The third-order valence-corrected chi connectivity index (χ3v) is 2.00. The van der Waals surface area contributed by atoms with Gasteiger partial charge in [0.15, 0.2) is 0 Å². The molecule has 0 N–H and O–H groups in total. The first-order valence-electron chi connectivity index (χ1n) is 5.83. The Kier molecular flexibility index (Phi) is 7.60. The molecular formula is C12H22O4. The Bertz CT molecular complexity index is 223. The molecule has 0 saturated carbocycles. The largest absolute Gasteiger partial charge is 0.462 e. The molecule has 0 rings (SSSR count). The lowest BCUT2D eigenvalue weighted by Crippen LogP contribution is -2.24. The molecule has 0 aromatic rings. The Balaban J connectivity index is 3.68. The number of rotatable bonds is 7. The summed E-state index contributed by atoms with van der Waals surface area (Å²) in [7, 11) is 0. The predicted molar refractivity (Wildman–Crippen MR) is 60.9 cm³/mol. The molecule has 1 atom stereocenters. The molecule has 4 nitrogen and oxygen atoms in total. The van der Waals surface area contributed by atoms with Crippen molar-refractivity contribution >= 4 is 11.9 Å². The van der Waals surface area contributed by atoms with Gasteiger partial charge in [-0.3, -0.25) is 9.59 Å². The molecule has 0 heterocycles. The van der Waals surface area contributed by atoms with Crippen LogP contribution in [0, 0.1) is 5.92 Å².